The molecular formula is C20H16FN5O. The van der Waals surface area contributed by atoms with E-state index in [0.29, 0.717) is 17.3 Å². The van der Waals surface area contributed by atoms with E-state index in [4.69, 9.17) is 5.73 Å². The number of nitrogens with one attached hydrogen (secondary N) is 1. The van der Waals surface area contributed by atoms with Crippen molar-refractivity contribution in [3.05, 3.63) is 66.0 Å². The van der Waals surface area contributed by atoms with E-state index >= 15 is 0 Å². The standard InChI is InChI=1S/C20H16FN5O/c21-14-6-3-12(4-7-14)19-17(18(24-25-19)11-1-2-11)13-5-8-16-23-9-15(20(22)27)26(16)10-13/h3-11H,1-2H2,(H2,22,27)(H,24,25). The van der Waals surface area contributed by atoms with Gasteiger partial charge in [0.1, 0.15) is 22.9 Å². The SMILES string of the molecule is NC(=O)c1cnc2ccc(-c3c(-c4ccc(F)cc4)n[nH]c3C3CC3)cn12. The van der Waals surface area contributed by atoms with Gasteiger partial charge in [0, 0.05) is 34.5 Å². The number of pyridine rings is 1. The topological polar surface area (TPSA) is 89.1 Å². The maximum absolute atomic E-state index is 13.3. The molecule has 3 heterocycles. The molecule has 0 radical (unpaired) electrons. The number of aromatic amines is 1. The monoisotopic (exact) mass is 361 g/mol. The number of fused-ring (bicyclic) bond motifs is 1. The van der Waals surface area contributed by atoms with Crippen LogP contribution in [0.4, 0.5) is 4.39 Å². The number of imidazole rings is 1. The first-order valence-corrected chi connectivity index (χ1v) is 8.73. The summed E-state index contributed by atoms with van der Waals surface area (Å²) in [5, 5.41) is 7.68. The molecule has 1 amide bonds. The zero-order chi connectivity index (χ0) is 18.5. The van der Waals surface area contributed by atoms with Crippen molar-refractivity contribution in [2.24, 2.45) is 5.73 Å². The zero-order valence-corrected chi connectivity index (χ0v) is 14.3. The highest BCUT2D eigenvalue weighted by molar-refractivity contribution is 5.92. The van der Waals surface area contributed by atoms with Gasteiger partial charge in [-0.05, 0) is 49.2 Å². The van der Waals surface area contributed by atoms with Gasteiger partial charge in [0.2, 0.25) is 0 Å². The molecule has 1 aromatic carbocycles. The summed E-state index contributed by atoms with van der Waals surface area (Å²) in [5.74, 6) is -0.381. The smallest absolute Gasteiger partial charge is 0.267 e. The number of H-pyrrole nitrogens is 1. The summed E-state index contributed by atoms with van der Waals surface area (Å²) in [5.41, 5.74) is 11.0. The molecule has 0 bridgehead atoms. The highest BCUT2D eigenvalue weighted by Crippen LogP contribution is 2.46. The molecular weight excluding hydrogens is 345 g/mol. The van der Waals surface area contributed by atoms with Gasteiger partial charge in [-0.25, -0.2) is 9.37 Å². The van der Waals surface area contributed by atoms with Crippen molar-refractivity contribution in [2.45, 2.75) is 18.8 Å². The van der Waals surface area contributed by atoms with Crippen LogP contribution in [-0.2, 0) is 0 Å². The fraction of sp³-hybridized carbons (Fsp3) is 0.150. The van der Waals surface area contributed by atoms with Gasteiger partial charge < -0.3 is 5.73 Å². The molecule has 1 saturated carbocycles. The minimum atomic E-state index is -0.534. The number of rotatable bonds is 4. The zero-order valence-electron chi connectivity index (χ0n) is 14.3. The summed E-state index contributed by atoms with van der Waals surface area (Å²) in [6.45, 7) is 0. The summed E-state index contributed by atoms with van der Waals surface area (Å²) in [4.78, 5) is 15.9. The van der Waals surface area contributed by atoms with Gasteiger partial charge in [0.05, 0.1) is 6.20 Å². The van der Waals surface area contributed by atoms with Crippen molar-refractivity contribution in [1.29, 1.82) is 0 Å². The first-order valence-electron chi connectivity index (χ1n) is 8.73. The molecule has 4 aromatic rings. The molecule has 3 aromatic heterocycles. The molecule has 1 fully saturated rings. The third-order valence-corrected chi connectivity index (χ3v) is 4.94. The second-order valence-corrected chi connectivity index (χ2v) is 6.80. The van der Waals surface area contributed by atoms with Gasteiger partial charge in [0.25, 0.3) is 5.91 Å². The molecule has 0 atom stereocenters. The van der Waals surface area contributed by atoms with Gasteiger partial charge in [-0.3, -0.25) is 14.3 Å². The number of halogens is 1. The molecule has 6 nitrogen and oxygen atoms in total. The lowest BCUT2D eigenvalue weighted by Crippen LogP contribution is -2.13. The summed E-state index contributed by atoms with van der Waals surface area (Å²) in [6, 6.07) is 10.1. The minimum absolute atomic E-state index is 0.288. The predicted molar refractivity (Wildman–Crippen MR) is 98.7 cm³/mol. The molecule has 0 aliphatic heterocycles. The van der Waals surface area contributed by atoms with Crippen LogP contribution in [-0.4, -0.2) is 25.5 Å². The highest BCUT2D eigenvalue weighted by Gasteiger charge is 2.31. The summed E-state index contributed by atoms with van der Waals surface area (Å²) >= 11 is 0. The number of carbonyl (C=O) groups excluding carboxylic acids is 1. The Bertz CT molecular complexity index is 1170. The lowest BCUT2D eigenvalue weighted by molar-refractivity contribution is 0.0995. The lowest BCUT2D eigenvalue weighted by atomic mass is 9.98. The first kappa shape index (κ1) is 15.7. The minimum Gasteiger partial charge on any atom is -0.364 e. The number of benzene rings is 1. The molecule has 0 spiro atoms. The largest absolute Gasteiger partial charge is 0.364 e. The maximum Gasteiger partial charge on any atom is 0.267 e. The predicted octanol–water partition coefficient (Wildman–Crippen LogP) is 3.51. The summed E-state index contributed by atoms with van der Waals surface area (Å²) < 4.78 is 15.0. The van der Waals surface area contributed by atoms with Crippen LogP contribution in [0.15, 0.2) is 48.8 Å². The van der Waals surface area contributed by atoms with Gasteiger partial charge in [-0.2, -0.15) is 5.10 Å². The van der Waals surface area contributed by atoms with E-state index in [9.17, 15) is 9.18 Å². The number of amides is 1. The van der Waals surface area contributed by atoms with Crippen molar-refractivity contribution in [1.82, 2.24) is 19.6 Å². The van der Waals surface area contributed by atoms with Gasteiger partial charge in [-0.15, -0.1) is 0 Å². The van der Waals surface area contributed by atoms with E-state index in [1.807, 2.05) is 18.3 Å². The van der Waals surface area contributed by atoms with Crippen LogP contribution < -0.4 is 5.73 Å². The Morgan fingerprint density at radius 2 is 1.89 bits per heavy atom. The molecule has 1 aliphatic carbocycles. The van der Waals surface area contributed by atoms with Gasteiger partial charge in [-0.1, -0.05) is 0 Å². The molecule has 0 saturated heterocycles. The second-order valence-electron chi connectivity index (χ2n) is 6.80. The van der Waals surface area contributed by atoms with E-state index in [0.717, 1.165) is 40.9 Å². The summed E-state index contributed by atoms with van der Waals surface area (Å²) in [7, 11) is 0. The maximum atomic E-state index is 13.3. The number of hydrogen-bond donors (Lipinski definition) is 2. The highest BCUT2D eigenvalue weighted by atomic mass is 19.1. The lowest BCUT2D eigenvalue weighted by Gasteiger charge is -2.08. The number of aromatic nitrogens is 4. The number of primary amides is 1. The fourth-order valence-corrected chi connectivity index (χ4v) is 3.44. The van der Waals surface area contributed by atoms with Crippen LogP contribution in [0.3, 0.4) is 0 Å². The van der Waals surface area contributed by atoms with E-state index in [1.165, 1.54) is 18.3 Å². The average Bonchev–Trinajstić information content (AvgIpc) is 3.27. The van der Waals surface area contributed by atoms with Crippen molar-refractivity contribution in [3.8, 4) is 22.4 Å². The number of carbonyl (C=O) groups is 1. The quantitative estimate of drug-likeness (QED) is 0.583. The normalized spacial score (nSPS) is 14.0. The molecule has 134 valence electrons. The number of hydrogen-bond acceptors (Lipinski definition) is 3. The van der Waals surface area contributed by atoms with E-state index in [1.54, 1.807) is 16.5 Å². The fourth-order valence-electron chi connectivity index (χ4n) is 3.44. The Balaban J connectivity index is 1.73. The van der Waals surface area contributed by atoms with Crippen LogP contribution in [0.2, 0.25) is 0 Å². The molecule has 27 heavy (non-hydrogen) atoms. The second kappa shape index (κ2) is 5.77. The van der Waals surface area contributed by atoms with Crippen LogP contribution in [0.1, 0.15) is 34.9 Å². The average molecular weight is 361 g/mol. The molecule has 3 N–H and O–H groups in total. The Kier molecular flexibility index (Phi) is 3.36. The van der Waals surface area contributed by atoms with Gasteiger partial charge >= 0.3 is 0 Å². The number of nitrogens with two attached hydrogens (primary N) is 1. The van der Waals surface area contributed by atoms with Crippen molar-refractivity contribution >= 4 is 11.6 Å². The Hall–Kier alpha value is -3.48. The molecule has 0 unspecified atom stereocenters. The summed E-state index contributed by atoms with van der Waals surface area (Å²) in [6.07, 6.45) is 5.54. The Morgan fingerprint density at radius 3 is 2.59 bits per heavy atom. The van der Waals surface area contributed by atoms with Crippen molar-refractivity contribution in [2.75, 3.05) is 0 Å². The third kappa shape index (κ3) is 2.59. The van der Waals surface area contributed by atoms with E-state index < -0.39 is 5.91 Å². The Morgan fingerprint density at radius 1 is 1.15 bits per heavy atom. The molecule has 7 heteroatoms. The van der Waals surface area contributed by atoms with E-state index in [2.05, 4.69) is 15.2 Å². The van der Waals surface area contributed by atoms with Crippen LogP contribution in [0.25, 0.3) is 28.0 Å². The van der Waals surface area contributed by atoms with Crippen molar-refractivity contribution < 1.29 is 9.18 Å². The molecule has 1 aliphatic rings. The van der Waals surface area contributed by atoms with E-state index in [-0.39, 0.29) is 5.82 Å². The number of nitrogens with zero attached hydrogens (tertiary/aromatic N) is 3. The third-order valence-electron chi connectivity index (χ3n) is 4.94. The first-order chi connectivity index (χ1) is 13.1. The van der Waals surface area contributed by atoms with Crippen LogP contribution >= 0.6 is 0 Å². The van der Waals surface area contributed by atoms with Crippen LogP contribution in [0.5, 0.6) is 0 Å². The van der Waals surface area contributed by atoms with Crippen molar-refractivity contribution in [3.63, 3.8) is 0 Å². The molecule has 5 rings (SSSR count). The van der Waals surface area contributed by atoms with Gasteiger partial charge in [0.15, 0.2) is 0 Å². The Labute approximate surface area is 153 Å². The van der Waals surface area contributed by atoms with Crippen LogP contribution in [0, 0.1) is 5.82 Å².